The molecule has 0 bridgehead atoms. The Morgan fingerprint density at radius 3 is 2.53 bits per heavy atom. The Morgan fingerprint density at radius 2 is 1.94 bits per heavy atom. The number of aromatic nitrogens is 2. The van der Waals surface area contributed by atoms with E-state index in [9.17, 15) is 0 Å². The Bertz CT molecular complexity index is 397. The van der Waals surface area contributed by atoms with Crippen LogP contribution in [-0.4, -0.2) is 23.1 Å². The number of anilines is 1. The SMILES string of the molecule is CC1(C)CCN(c2ncnc(Cl)c2CCl)CC1. The van der Waals surface area contributed by atoms with E-state index in [-0.39, 0.29) is 0 Å². The average Bonchev–Trinajstić information content (AvgIpc) is 2.29. The Balaban J connectivity index is 2.21. The van der Waals surface area contributed by atoms with Gasteiger partial charge >= 0.3 is 0 Å². The molecule has 0 N–H and O–H groups in total. The van der Waals surface area contributed by atoms with Crippen molar-refractivity contribution in [2.24, 2.45) is 5.41 Å². The molecule has 1 saturated heterocycles. The van der Waals surface area contributed by atoms with Crippen molar-refractivity contribution in [3.8, 4) is 0 Å². The molecule has 1 aromatic heterocycles. The summed E-state index contributed by atoms with van der Waals surface area (Å²) in [6, 6.07) is 0. The van der Waals surface area contributed by atoms with Crippen LogP contribution in [-0.2, 0) is 5.88 Å². The highest BCUT2D eigenvalue weighted by Gasteiger charge is 2.27. The molecule has 0 saturated carbocycles. The van der Waals surface area contributed by atoms with Gasteiger partial charge in [-0.3, -0.25) is 0 Å². The van der Waals surface area contributed by atoms with E-state index in [1.807, 2.05) is 0 Å². The Hall–Kier alpha value is -0.540. The third kappa shape index (κ3) is 2.83. The second-order valence-corrected chi connectivity index (χ2v) is 5.88. The van der Waals surface area contributed by atoms with Crippen molar-refractivity contribution < 1.29 is 0 Å². The third-order valence-corrected chi connectivity index (χ3v) is 4.01. The molecule has 1 aliphatic rings. The van der Waals surface area contributed by atoms with E-state index in [1.165, 1.54) is 6.33 Å². The smallest absolute Gasteiger partial charge is 0.138 e. The number of hydrogen-bond donors (Lipinski definition) is 0. The van der Waals surface area contributed by atoms with Gasteiger partial charge < -0.3 is 4.90 Å². The fraction of sp³-hybridized carbons (Fsp3) is 0.667. The molecule has 1 aromatic rings. The summed E-state index contributed by atoms with van der Waals surface area (Å²) in [7, 11) is 0. The molecule has 2 heterocycles. The van der Waals surface area contributed by atoms with Crippen molar-refractivity contribution >= 4 is 29.0 Å². The molecule has 1 aliphatic heterocycles. The lowest BCUT2D eigenvalue weighted by Crippen LogP contribution is -2.38. The highest BCUT2D eigenvalue weighted by molar-refractivity contribution is 6.31. The van der Waals surface area contributed by atoms with E-state index in [4.69, 9.17) is 23.2 Å². The van der Waals surface area contributed by atoms with Gasteiger partial charge in [0, 0.05) is 18.7 Å². The van der Waals surface area contributed by atoms with Gasteiger partial charge in [-0.05, 0) is 18.3 Å². The maximum atomic E-state index is 6.04. The highest BCUT2D eigenvalue weighted by atomic mass is 35.5. The van der Waals surface area contributed by atoms with Gasteiger partial charge in [0.15, 0.2) is 0 Å². The molecule has 1 fully saturated rings. The van der Waals surface area contributed by atoms with Crippen LogP contribution in [0.3, 0.4) is 0 Å². The van der Waals surface area contributed by atoms with Gasteiger partial charge in [-0.25, -0.2) is 9.97 Å². The van der Waals surface area contributed by atoms with E-state index in [0.29, 0.717) is 16.4 Å². The molecule has 17 heavy (non-hydrogen) atoms. The molecule has 0 spiro atoms. The molecule has 2 rings (SSSR count). The fourth-order valence-electron chi connectivity index (χ4n) is 2.09. The van der Waals surface area contributed by atoms with Crippen molar-refractivity contribution in [3.63, 3.8) is 0 Å². The maximum absolute atomic E-state index is 6.04. The van der Waals surface area contributed by atoms with Crippen LogP contribution in [0.15, 0.2) is 6.33 Å². The van der Waals surface area contributed by atoms with Crippen LogP contribution < -0.4 is 4.90 Å². The molecular weight excluding hydrogens is 257 g/mol. The van der Waals surface area contributed by atoms with Crippen LogP contribution in [0, 0.1) is 5.41 Å². The Morgan fingerprint density at radius 1 is 1.29 bits per heavy atom. The van der Waals surface area contributed by atoms with Gasteiger partial charge in [0.05, 0.1) is 5.88 Å². The summed E-state index contributed by atoms with van der Waals surface area (Å²) in [4.78, 5) is 10.6. The van der Waals surface area contributed by atoms with Gasteiger partial charge in [0.1, 0.15) is 17.3 Å². The zero-order valence-electron chi connectivity index (χ0n) is 10.2. The molecule has 0 atom stereocenters. The summed E-state index contributed by atoms with van der Waals surface area (Å²) in [5.74, 6) is 1.25. The minimum Gasteiger partial charge on any atom is -0.356 e. The van der Waals surface area contributed by atoms with Crippen LogP contribution in [0.5, 0.6) is 0 Å². The van der Waals surface area contributed by atoms with Crippen molar-refractivity contribution in [2.45, 2.75) is 32.6 Å². The predicted octanol–water partition coefficient (Wildman–Crippen LogP) is 3.50. The van der Waals surface area contributed by atoms with E-state index >= 15 is 0 Å². The molecular formula is C12H17Cl2N3. The van der Waals surface area contributed by atoms with Crippen LogP contribution >= 0.6 is 23.2 Å². The van der Waals surface area contributed by atoms with E-state index in [0.717, 1.165) is 37.3 Å². The number of alkyl halides is 1. The maximum Gasteiger partial charge on any atom is 0.138 e. The first-order valence-electron chi connectivity index (χ1n) is 5.84. The number of piperidine rings is 1. The zero-order valence-corrected chi connectivity index (χ0v) is 11.7. The molecule has 0 unspecified atom stereocenters. The summed E-state index contributed by atoms with van der Waals surface area (Å²) < 4.78 is 0. The molecule has 0 aliphatic carbocycles. The standard InChI is InChI=1S/C12H17Cl2N3/c1-12(2)3-5-17(6-4-12)11-9(7-13)10(14)15-8-16-11/h8H,3-7H2,1-2H3. The van der Waals surface area contributed by atoms with E-state index in [2.05, 4.69) is 28.7 Å². The molecule has 0 amide bonds. The summed E-state index contributed by atoms with van der Waals surface area (Å²) in [6.45, 7) is 6.62. The van der Waals surface area contributed by atoms with Gasteiger partial charge in [0.25, 0.3) is 0 Å². The molecule has 5 heteroatoms. The minimum atomic E-state index is 0.356. The summed E-state index contributed by atoms with van der Waals surface area (Å²) in [5.41, 5.74) is 1.27. The van der Waals surface area contributed by atoms with Crippen LogP contribution in [0.1, 0.15) is 32.3 Å². The molecule has 94 valence electrons. The topological polar surface area (TPSA) is 29.0 Å². The second-order valence-electron chi connectivity index (χ2n) is 5.25. The van der Waals surface area contributed by atoms with E-state index in [1.54, 1.807) is 0 Å². The van der Waals surface area contributed by atoms with Crippen molar-refractivity contribution in [1.29, 1.82) is 0 Å². The monoisotopic (exact) mass is 273 g/mol. The first kappa shape index (κ1) is 12.9. The summed E-state index contributed by atoms with van der Waals surface area (Å²) >= 11 is 12.0. The molecule has 3 nitrogen and oxygen atoms in total. The summed E-state index contributed by atoms with van der Waals surface area (Å²) in [6.07, 6.45) is 3.83. The molecule has 0 radical (unpaired) electrons. The van der Waals surface area contributed by atoms with Crippen LogP contribution in [0.4, 0.5) is 5.82 Å². The lowest BCUT2D eigenvalue weighted by molar-refractivity contribution is 0.279. The van der Waals surface area contributed by atoms with Crippen molar-refractivity contribution in [2.75, 3.05) is 18.0 Å². The van der Waals surface area contributed by atoms with Gasteiger partial charge in [-0.1, -0.05) is 25.4 Å². The van der Waals surface area contributed by atoms with Gasteiger partial charge in [-0.2, -0.15) is 0 Å². The number of hydrogen-bond acceptors (Lipinski definition) is 3. The lowest BCUT2D eigenvalue weighted by Gasteiger charge is -2.38. The third-order valence-electron chi connectivity index (χ3n) is 3.42. The van der Waals surface area contributed by atoms with E-state index < -0.39 is 0 Å². The minimum absolute atomic E-state index is 0.356. The van der Waals surface area contributed by atoms with Crippen LogP contribution in [0.25, 0.3) is 0 Å². The lowest BCUT2D eigenvalue weighted by atomic mass is 9.82. The number of nitrogens with zero attached hydrogens (tertiary/aromatic N) is 3. The number of halogens is 2. The highest BCUT2D eigenvalue weighted by Crippen LogP contribution is 2.33. The first-order valence-corrected chi connectivity index (χ1v) is 6.75. The van der Waals surface area contributed by atoms with Gasteiger partial charge in [0.2, 0.25) is 0 Å². The fourth-order valence-corrected chi connectivity index (χ4v) is 2.60. The quantitative estimate of drug-likeness (QED) is 0.610. The van der Waals surface area contributed by atoms with Crippen molar-refractivity contribution in [3.05, 3.63) is 17.0 Å². The average molecular weight is 274 g/mol. The Labute approximate surface area is 112 Å². The first-order chi connectivity index (χ1) is 8.03. The predicted molar refractivity (Wildman–Crippen MR) is 71.8 cm³/mol. The molecule has 0 aromatic carbocycles. The number of rotatable bonds is 2. The second kappa shape index (κ2) is 4.99. The summed E-state index contributed by atoms with van der Waals surface area (Å²) in [5, 5.41) is 0.467. The Kier molecular flexibility index (Phi) is 3.79. The van der Waals surface area contributed by atoms with Crippen LogP contribution in [0.2, 0.25) is 5.15 Å². The largest absolute Gasteiger partial charge is 0.356 e. The normalized spacial score (nSPS) is 19.4. The van der Waals surface area contributed by atoms with Gasteiger partial charge in [-0.15, -0.1) is 11.6 Å². The zero-order chi connectivity index (χ0) is 12.5. The van der Waals surface area contributed by atoms with Crippen molar-refractivity contribution in [1.82, 2.24) is 9.97 Å².